The Morgan fingerprint density at radius 1 is 1.04 bits per heavy atom. The standard InChI is InChI=1S/C22H30N2O3S/c1-15(2)18(5)23-22(25)20-11-9-19(10-12-20)14-24(28(6,26)27)21-13-16(3)7-8-17(21)4/h7-13,15,18H,14H2,1-6H3,(H,23,25)/t18-/m1/s1. The first-order valence-electron chi connectivity index (χ1n) is 9.44. The summed E-state index contributed by atoms with van der Waals surface area (Å²) in [4.78, 5) is 12.3. The highest BCUT2D eigenvalue weighted by Gasteiger charge is 2.20. The second-order valence-electron chi connectivity index (χ2n) is 7.76. The van der Waals surface area contributed by atoms with Gasteiger partial charge in [-0.2, -0.15) is 0 Å². The van der Waals surface area contributed by atoms with Gasteiger partial charge in [0.15, 0.2) is 0 Å². The molecule has 0 aliphatic heterocycles. The third-order valence-electron chi connectivity index (χ3n) is 4.93. The van der Waals surface area contributed by atoms with Gasteiger partial charge in [0.1, 0.15) is 0 Å². The van der Waals surface area contributed by atoms with Crippen molar-refractivity contribution in [3.8, 4) is 0 Å². The predicted molar refractivity (Wildman–Crippen MR) is 115 cm³/mol. The monoisotopic (exact) mass is 402 g/mol. The maximum atomic E-state index is 12.4. The summed E-state index contributed by atoms with van der Waals surface area (Å²) in [6, 6.07) is 12.9. The molecule has 1 amide bonds. The Morgan fingerprint density at radius 3 is 2.18 bits per heavy atom. The zero-order valence-electron chi connectivity index (χ0n) is 17.5. The van der Waals surface area contributed by atoms with Gasteiger partial charge in [-0.1, -0.05) is 38.1 Å². The van der Waals surface area contributed by atoms with Crippen LogP contribution in [0, 0.1) is 19.8 Å². The van der Waals surface area contributed by atoms with Crippen LogP contribution >= 0.6 is 0 Å². The summed E-state index contributed by atoms with van der Waals surface area (Å²) >= 11 is 0. The molecule has 5 nitrogen and oxygen atoms in total. The van der Waals surface area contributed by atoms with Crippen molar-refractivity contribution in [2.24, 2.45) is 5.92 Å². The summed E-state index contributed by atoms with van der Waals surface area (Å²) in [6.45, 7) is 10.1. The van der Waals surface area contributed by atoms with E-state index in [0.717, 1.165) is 16.7 Å². The number of rotatable bonds is 7. The fraction of sp³-hybridized carbons (Fsp3) is 0.409. The lowest BCUT2D eigenvalue weighted by Gasteiger charge is -2.25. The molecule has 0 saturated carbocycles. The normalized spacial score (nSPS) is 12.7. The van der Waals surface area contributed by atoms with Crippen LogP contribution in [0.2, 0.25) is 0 Å². The van der Waals surface area contributed by atoms with Crippen LogP contribution in [0.25, 0.3) is 0 Å². The zero-order valence-corrected chi connectivity index (χ0v) is 18.3. The Bertz CT molecular complexity index is 935. The first-order valence-corrected chi connectivity index (χ1v) is 11.3. The average molecular weight is 403 g/mol. The molecule has 6 heteroatoms. The van der Waals surface area contributed by atoms with Crippen molar-refractivity contribution in [2.45, 2.75) is 47.2 Å². The summed E-state index contributed by atoms with van der Waals surface area (Å²) in [6.07, 6.45) is 1.21. The predicted octanol–water partition coefficient (Wildman–Crippen LogP) is 4.04. The highest BCUT2D eigenvalue weighted by Crippen LogP contribution is 2.26. The van der Waals surface area contributed by atoms with Gasteiger partial charge >= 0.3 is 0 Å². The number of nitrogens with one attached hydrogen (secondary N) is 1. The van der Waals surface area contributed by atoms with E-state index >= 15 is 0 Å². The van der Waals surface area contributed by atoms with E-state index in [4.69, 9.17) is 0 Å². The Morgan fingerprint density at radius 2 is 1.64 bits per heavy atom. The molecule has 0 aromatic heterocycles. The van der Waals surface area contributed by atoms with Gasteiger partial charge < -0.3 is 5.32 Å². The molecular weight excluding hydrogens is 372 g/mol. The quantitative estimate of drug-likeness (QED) is 0.760. The molecule has 0 fully saturated rings. The minimum absolute atomic E-state index is 0.0807. The Labute approximate surface area is 168 Å². The molecule has 1 N–H and O–H groups in total. The maximum absolute atomic E-state index is 12.4. The van der Waals surface area contributed by atoms with Crippen LogP contribution < -0.4 is 9.62 Å². The average Bonchev–Trinajstić information content (AvgIpc) is 2.61. The summed E-state index contributed by atoms with van der Waals surface area (Å²) < 4.78 is 26.3. The molecule has 0 heterocycles. The molecular formula is C22H30N2O3S. The third-order valence-corrected chi connectivity index (χ3v) is 6.06. The molecule has 0 aliphatic carbocycles. The van der Waals surface area contributed by atoms with E-state index in [2.05, 4.69) is 19.2 Å². The summed E-state index contributed by atoms with van der Waals surface area (Å²) in [7, 11) is -3.45. The Hall–Kier alpha value is -2.34. The first-order chi connectivity index (χ1) is 13.0. The van der Waals surface area contributed by atoms with E-state index in [0.29, 0.717) is 17.2 Å². The zero-order chi connectivity index (χ0) is 21.1. The number of aryl methyl sites for hydroxylation is 2. The minimum atomic E-state index is -3.45. The van der Waals surface area contributed by atoms with E-state index < -0.39 is 10.0 Å². The van der Waals surface area contributed by atoms with Crippen molar-refractivity contribution in [1.29, 1.82) is 0 Å². The van der Waals surface area contributed by atoms with Crippen molar-refractivity contribution in [1.82, 2.24) is 5.32 Å². The largest absolute Gasteiger partial charge is 0.349 e. The number of hydrogen-bond acceptors (Lipinski definition) is 3. The van der Waals surface area contributed by atoms with Crippen molar-refractivity contribution in [3.05, 3.63) is 64.7 Å². The van der Waals surface area contributed by atoms with Gasteiger partial charge in [-0.05, 0) is 61.6 Å². The van der Waals surface area contributed by atoms with Crippen LogP contribution in [-0.4, -0.2) is 26.6 Å². The SMILES string of the molecule is Cc1ccc(C)c(N(Cc2ccc(C(=O)N[C@H](C)C(C)C)cc2)S(C)(=O)=O)c1. The minimum Gasteiger partial charge on any atom is -0.349 e. The lowest BCUT2D eigenvalue weighted by molar-refractivity contribution is 0.0930. The van der Waals surface area contributed by atoms with Gasteiger partial charge in [0, 0.05) is 11.6 Å². The fourth-order valence-electron chi connectivity index (χ4n) is 2.75. The smallest absolute Gasteiger partial charge is 0.251 e. The number of benzene rings is 2. The molecule has 2 aromatic carbocycles. The number of sulfonamides is 1. The van der Waals surface area contributed by atoms with Crippen molar-refractivity contribution < 1.29 is 13.2 Å². The number of carbonyl (C=O) groups is 1. The molecule has 0 bridgehead atoms. The van der Waals surface area contributed by atoms with E-state index in [1.165, 1.54) is 10.6 Å². The number of nitrogens with zero attached hydrogens (tertiary/aromatic N) is 1. The van der Waals surface area contributed by atoms with E-state index in [1.54, 1.807) is 24.3 Å². The fourth-order valence-corrected chi connectivity index (χ4v) is 3.69. The van der Waals surface area contributed by atoms with Crippen LogP contribution in [0.1, 0.15) is 47.8 Å². The van der Waals surface area contributed by atoms with Gasteiger partial charge in [0.05, 0.1) is 18.5 Å². The molecule has 0 spiro atoms. The molecule has 2 aromatic rings. The molecule has 2 rings (SSSR count). The number of hydrogen-bond donors (Lipinski definition) is 1. The second kappa shape index (κ2) is 8.78. The van der Waals surface area contributed by atoms with Gasteiger partial charge in [-0.3, -0.25) is 9.10 Å². The summed E-state index contributed by atoms with van der Waals surface area (Å²) in [5.74, 6) is 0.228. The molecule has 28 heavy (non-hydrogen) atoms. The van der Waals surface area contributed by atoms with Crippen molar-refractivity contribution >= 4 is 21.6 Å². The lowest BCUT2D eigenvalue weighted by Crippen LogP contribution is -2.36. The van der Waals surface area contributed by atoms with Crippen LogP contribution in [0.5, 0.6) is 0 Å². The van der Waals surface area contributed by atoms with Crippen LogP contribution in [0.15, 0.2) is 42.5 Å². The maximum Gasteiger partial charge on any atom is 0.251 e. The van der Waals surface area contributed by atoms with Crippen LogP contribution in [0.4, 0.5) is 5.69 Å². The number of carbonyl (C=O) groups excluding carboxylic acids is 1. The number of anilines is 1. The lowest BCUT2D eigenvalue weighted by atomic mass is 10.1. The molecule has 152 valence electrons. The van der Waals surface area contributed by atoms with Gasteiger partial charge in [0.25, 0.3) is 5.91 Å². The van der Waals surface area contributed by atoms with E-state index in [1.807, 2.05) is 39.0 Å². The molecule has 0 aliphatic rings. The first kappa shape index (κ1) is 22.0. The molecule has 0 saturated heterocycles. The Kier molecular flexibility index (Phi) is 6.88. The van der Waals surface area contributed by atoms with Gasteiger partial charge in [0.2, 0.25) is 10.0 Å². The molecule has 1 atom stereocenters. The third kappa shape index (κ3) is 5.58. The highest BCUT2D eigenvalue weighted by molar-refractivity contribution is 7.92. The van der Waals surface area contributed by atoms with Crippen molar-refractivity contribution in [3.63, 3.8) is 0 Å². The second-order valence-corrected chi connectivity index (χ2v) is 9.67. The summed E-state index contributed by atoms with van der Waals surface area (Å²) in [5, 5.41) is 2.97. The molecule has 0 unspecified atom stereocenters. The van der Waals surface area contributed by atoms with Gasteiger partial charge in [-0.25, -0.2) is 8.42 Å². The van der Waals surface area contributed by atoms with Gasteiger partial charge in [-0.15, -0.1) is 0 Å². The van der Waals surface area contributed by atoms with E-state index in [9.17, 15) is 13.2 Å². The summed E-state index contributed by atoms with van der Waals surface area (Å²) in [5.41, 5.74) is 3.96. The van der Waals surface area contributed by atoms with Crippen LogP contribution in [0.3, 0.4) is 0 Å². The Balaban J connectivity index is 2.24. The molecule has 0 radical (unpaired) electrons. The van der Waals surface area contributed by atoms with Crippen molar-refractivity contribution in [2.75, 3.05) is 10.6 Å². The highest BCUT2D eigenvalue weighted by atomic mass is 32.2. The number of amides is 1. The van der Waals surface area contributed by atoms with E-state index in [-0.39, 0.29) is 18.5 Å². The van der Waals surface area contributed by atoms with Crippen LogP contribution in [-0.2, 0) is 16.6 Å². The topological polar surface area (TPSA) is 66.5 Å².